The number of carbonyl (C=O) groups is 1. The lowest BCUT2D eigenvalue weighted by molar-refractivity contribution is -0.132. The number of carbonyl (C=O) groups excluding carboxylic acids is 1. The first-order valence-electron chi connectivity index (χ1n) is 9.15. The van der Waals surface area contributed by atoms with Crippen molar-refractivity contribution in [1.82, 2.24) is 4.90 Å². The smallest absolute Gasteiger partial charge is 0.238 e. The van der Waals surface area contributed by atoms with Crippen LogP contribution in [0.25, 0.3) is 0 Å². The SMILES string of the molecule is CC(C)(CCC(=O)N1CCc2ccc(S(N)(=O)=O)cc2C1)c1ccccc1. The zero-order valence-electron chi connectivity index (χ0n) is 15.8. The molecule has 2 aromatic rings. The summed E-state index contributed by atoms with van der Waals surface area (Å²) in [7, 11) is -3.74. The van der Waals surface area contributed by atoms with E-state index < -0.39 is 10.0 Å². The summed E-state index contributed by atoms with van der Waals surface area (Å²) >= 11 is 0. The number of nitrogens with zero attached hydrogens (tertiary/aromatic N) is 1. The number of nitrogens with two attached hydrogens (primary N) is 1. The molecule has 0 saturated heterocycles. The Kier molecular flexibility index (Phi) is 5.40. The lowest BCUT2D eigenvalue weighted by Crippen LogP contribution is -2.36. The summed E-state index contributed by atoms with van der Waals surface area (Å²) in [6.45, 7) is 5.40. The van der Waals surface area contributed by atoms with E-state index in [4.69, 9.17) is 5.14 Å². The highest BCUT2D eigenvalue weighted by molar-refractivity contribution is 7.89. The first-order valence-corrected chi connectivity index (χ1v) is 10.7. The first kappa shape index (κ1) is 19.6. The molecular weight excluding hydrogens is 360 g/mol. The predicted molar refractivity (Wildman–Crippen MR) is 106 cm³/mol. The Bertz CT molecular complexity index is 937. The Morgan fingerprint density at radius 2 is 1.81 bits per heavy atom. The third-order valence-electron chi connectivity index (χ3n) is 5.39. The number of benzene rings is 2. The Balaban J connectivity index is 1.67. The van der Waals surface area contributed by atoms with Crippen LogP contribution in [0.4, 0.5) is 0 Å². The van der Waals surface area contributed by atoms with E-state index in [0.717, 1.165) is 24.0 Å². The van der Waals surface area contributed by atoms with Crippen molar-refractivity contribution in [1.29, 1.82) is 0 Å². The number of amides is 1. The molecule has 0 radical (unpaired) electrons. The highest BCUT2D eigenvalue weighted by Gasteiger charge is 2.26. The average molecular weight is 387 g/mol. The number of hydrogen-bond acceptors (Lipinski definition) is 3. The molecule has 0 aromatic heterocycles. The molecule has 1 aliphatic rings. The van der Waals surface area contributed by atoms with E-state index in [-0.39, 0.29) is 16.2 Å². The van der Waals surface area contributed by atoms with Gasteiger partial charge in [0.2, 0.25) is 15.9 Å². The van der Waals surface area contributed by atoms with E-state index >= 15 is 0 Å². The Morgan fingerprint density at radius 3 is 2.48 bits per heavy atom. The van der Waals surface area contributed by atoms with E-state index in [9.17, 15) is 13.2 Å². The molecule has 144 valence electrons. The molecule has 2 N–H and O–H groups in total. The quantitative estimate of drug-likeness (QED) is 0.858. The number of hydrogen-bond donors (Lipinski definition) is 1. The van der Waals surface area contributed by atoms with Crippen LogP contribution in [-0.4, -0.2) is 25.8 Å². The predicted octanol–water partition coefficient (Wildman–Crippen LogP) is 2.98. The lowest BCUT2D eigenvalue weighted by atomic mass is 9.80. The number of primary sulfonamides is 1. The van der Waals surface area contributed by atoms with Crippen molar-refractivity contribution >= 4 is 15.9 Å². The minimum absolute atomic E-state index is 0.0780. The van der Waals surface area contributed by atoms with Crippen molar-refractivity contribution in [2.45, 2.75) is 50.0 Å². The highest BCUT2D eigenvalue weighted by atomic mass is 32.2. The Hall–Kier alpha value is -2.18. The minimum Gasteiger partial charge on any atom is -0.338 e. The van der Waals surface area contributed by atoms with Crippen molar-refractivity contribution in [2.24, 2.45) is 5.14 Å². The van der Waals surface area contributed by atoms with Gasteiger partial charge >= 0.3 is 0 Å². The highest BCUT2D eigenvalue weighted by Crippen LogP contribution is 2.29. The van der Waals surface area contributed by atoms with Crippen LogP contribution in [0.3, 0.4) is 0 Å². The van der Waals surface area contributed by atoms with Crippen molar-refractivity contribution < 1.29 is 13.2 Å². The van der Waals surface area contributed by atoms with Crippen LogP contribution >= 0.6 is 0 Å². The molecule has 0 fully saturated rings. The van der Waals surface area contributed by atoms with Gasteiger partial charge in [-0.3, -0.25) is 4.79 Å². The summed E-state index contributed by atoms with van der Waals surface area (Å²) in [6.07, 6.45) is 1.95. The van der Waals surface area contributed by atoms with Gasteiger partial charge in [-0.25, -0.2) is 13.6 Å². The molecular formula is C21H26N2O3S. The average Bonchev–Trinajstić information content (AvgIpc) is 2.65. The molecule has 0 aliphatic carbocycles. The second kappa shape index (κ2) is 7.44. The maximum atomic E-state index is 12.8. The van der Waals surface area contributed by atoms with Gasteiger partial charge in [0.1, 0.15) is 0 Å². The summed E-state index contributed by atoms with van der Waals surface area (Å²) in [5.41, 5.74) is 3.09. The maximum Gasteiger partial charge on any atom is 0.238 e. The van der Waals surface area contributed by atoms with Crippen LogP contribution in [0, 0.1) is 0 Å². The molecule has 0 spiro atoms. The first-order chi connectivity index (χ1) is 12.7. The van der Waals surface area contributed by atoms with E-state index in [1.165, 1.54) is 11.6 Å². The second-order valence-electron chi connectivity index (χ2n) is 7.79. The van der Waals surface area contributed by atoms with Gasteiger partial charge in [-0.1, -0.05) is 50.2 Å². The van der Waals surface area contributed by atoms with Crippen LogP contribution in [0.5, 0.6) is 0 Å². The fourth-order valence-electron chi connectivity index (χ4n) is 3.53. The third kappa shape index (κ3) is 4.57. The molecule has 1 amide bonds. The second-order valence-corrected chi connectivity index (χ2v) is 9.35. The summed E-state index contributed by atoms with van der Waals surface area (Å²) in [5.74, 6) is 0.102. The molecule has 27 heavy (non-hydrogen) atoms. The van der Waals surface area contributed by atoms with Crippen molar-refractivity contribution in [3.63, 3.8) is 0 Å². The summed E-state index contributed by atoms with van der Waals surface area (Å²) < 4.78 is 23.2. The lowest BCUT2D eigenvalue weighted by Gasteiger charge is -2.31. The van der Waals surface area contributed by atoms with Crippen molar-refractivity contribution in [3.05, 3.63) is 65.2 Å². The van der Waals surface area contributed by atoms with Gasteiger partial charge in [0, 0.05) is 19.5 Å². The molecule has 5 nitrogen and oxygen atoms in total. The van der Waals surface area contributed by atoms with Crippen LogP contribution in [-0.2, 0) is 33.2 Å². The van der Waals surface area contributed by atoms with Gasteiger partial charge in [0.15, 0.2) is 0 Å². The molecule has 6 heteroatoms. The van der Waals surface area contributed by atoms with Crippen molar-refractivity contribution in [2.75, 3.05) is 6.54 Å². The summed E-state index contributed by atoms with van der Waals surface area (Å²) in [4.78, 5) is 14.7. The van der Waals surface area contributed by atoms with Crippen molar-refractivity contribution in [3.8, 4) is 0 Å². The zero-order valence-corrected chi connectivity index (χ0v) is 16.6. The van der Waals surface area contributed by atoms with Gasteiger partial charge in [-0.05, 0) is 47.1 Å². The van der Waals surface area contributed by atoms with Crippen LogP contribution in [0.1, 0.15) is 43.4 Å². The summed E-state index contributed by atoms with van der Waals surface area (Å²) in [5, 5.41) is 5.23. The normalized spacial score (nSPS) is 14.7. The number of rotatable bonds is 5. The van der Waals surface area contributed by atoms with E-state index in [1.54, 1.807) is 12.1 Å². The van der Waals surface area contributed by atoms with Gasteiger partial charge in [0.05, 0.1) is 4.90 Å². The Labute approximate surface area is 161 Å². The molecule has 2 aromatic carbocycles. The van der Waals surface area contributed by atoms with Crippen LogP contribution in [0.2, 0.25) is 0 Å². The Morgan fingerprint density at radius 1 is 1.11 bits per heavy atom. The molecule has 0 atom stereocenters. The van der Waals surface area contributed by atoms with Crippen LogP contribution < -0.4 is 5.14 Å². The topological polar surface area (TPSA) is 80.5 Å². The molecule has 3 rings (SSSR count). The third-order valence-corrected chi connectivity index (χ3v) is 6.30. The van der Waals surface area contributed by atoms with Gasteiger partial charge in [0.25, 0.3) is 0 Å². The van der Waals surface area contributed by atoms with Gasteiger partial charge in [-0.2, -0.15) is 0 Å². The fourth-order valence-corrected chi connectivity index (χ4v) is 4.10. The molecule has 0 saturated carbocycles. The molecule has 0 unspecified atom stereocenters. The summed E-state index contributed by atoms with van der Waals surface area (Å²) in [6, 6.07) is 15.1. The molecule has 1 heterocycles. The van der Waals surface area contributed by atoms with Crippen LogP contribution in [0.15, 0.2) is 53.4 Å². The number of sulfonamides is 1. The van der Waals surface area contributed by atoms with Gasteiger partial charge in [-0.15, -0.1) is 0 Å². The van der Waals surface area contributed by atoms with E-state index in [1.807, 2.05) is 23.1 Å². The fraction of sp³-hybridized carbons (Fsp3) is 0.381. The zero-order chi connectivity index (χ0) is 19.7. The minimum atomic E-state index is -3.74. The standard InChI is InChI=1S/C21H26N2O3S/c1-21(2,18-6-4-3-5-7-18)12-10-20(24)23-13-11-16-8-9-19(27(22,25)26)14-17(16)15-23/h3-9,14H,10-13,15H2,1-2H3,(H2,22,25,26). The van der Waals surface area contributed by atoms with Gasteiger partial charge < -0.3 is 4.90 Å². The molecule has 0 bridgehead atoms. The monoisotopic (exact) mass is 386 g/mol. The number of fused-ring (bicyclic) bond motifs is 1. The largest absolute Gasteiger partial charge is 0.338 e. The van der Waals surface area contributed by atoms with E-state index in [0.29, 0.717) is 19.5 Å². The molecule has 1 aliphatic heterocycles. The maximum absolute atomic E-state index is 12.8. The van der Waals surface area contributed by atoms with E-state index in [2.05, 4.69) is 26.0 Å².